The molecule has 23 heavy (non-hydrogen) atoms. The number of para-hydroxylation sites is 1. The van der Waals surface area contributed by atoms with Gasteiger partial charge in [0.05, 0.1) is 6.54 Å². The summed E-state index contributed by atoms with van der Waals surface area (Å²) in [4.78, 5) is 17.7. The Balaban J connectivity index is 1.31. The smallest absolute Gasteiger partial charge is 0.234 e. The van der Waals surface area contributed by atoms with Crippen molar-refractivity contribution in [3.63, 3.8) is 0 Å². The Kier molecular flexibility index (Phi) is 4.08. The van der Waals surface area contributed by atoms with Crippen molar-refractivity contribution in [3.05, 3.63) is 36.0 Å². The first-order chi connectivity index (χ1) is 11.3. The molecule has 2 fully saturated rings. The molecule has 0 radical (unpaired) electrons. The van der Waals surface area contributed by atoms with Crippen LogP contribution in [0.4, 0.5) is 0 Å². The van der Waals surface area contributed by atoms with Gasteiger partial charge in [0.15, 0.2) is 0 Å². The van der Waals surface area contributed by atoms with E-state index in [2.05, 4.69) is 45.7 Å². The third kappa shape index (κ3) is 3.42. The van der Waals surface area contributed by atoms with Crippen molar-refractivity contribution in [1.29, 1.82) is 0 Å². The molecule has 4 heteroatoms. The van der Waals surface area contributed by atoms with Crippen molar-refractivity contribution in [2.75, 3.05) is 26.2 Å². The fraction of sp³-hybridized carbons (Fsp3) is 0.526. The number of amides is 1. The van der Waals surface area contributed by atoms with E-state index in [1.807, 2.05) is 0 Å². The summed E-state index contributed by atoms with van der Waals surface area (Å²) in [6.07, 6.45) is 7.02. The summed E-state index contributed by atoms with van der Waals surface area (Å²) in [5.41, 5.74) is 2.67. The van der Waals surface area contributed by atoms with E-state index in [4.69, 9.17) is 0 Å². The molecule has 4 nitrogen and oxygen atoms in total. The van der Waals surface area contributed by atoms with Gasteiger partial charge in [0.2, 0.25) is 5.91 Å². The molecule has 0 atom stereocenters. The number of carbonyl (C=O) groups excluding carboxylic acids is 1. The summed E-state index contributed by atoms with van der Waals surface area (Å²) in [6.45, 7) is 3.47. The Morgan fingerprint density at radius 1 is 1.17 bits per heavy atom. The highest BCUT2D eigenvalue weighted by Crippen LogP contribution is 2.33. The SMILES string of the molecule is O=C(CN1CCC(c2c[nH]c3ccccc23)CC1)NCC1CC1. The summed E-state index contributed by atoms with van der Waals surface area (Å²) < 4.78 is 0. The minimum atomic E-state index is 0.197. The van der Waals surface area contributed by atoms with Crippen LogP contribution in [0.25, 0.3) is 10.9 Å². The van der Waals surface area contributed by atoms with Crippen molar-refractivity contribution in [2.24, 2.45) is 5.92 Å². The molecule has 4 rings (SSSR count). The molecule has 1 aliphatic heterocycles. The summed E-state index contributed by atoms with van der Waals surface area (Å²) in [5, 5.41) is 4.42. The van der Waals surface area contributed by atoms with Gasteiger partial charge >= 0.3 is 0 Å². The van der Waals surface area contributed by atoms with Crippen LogP contribution >= 0.6 is 0 Å². The minimum absolute atomic E-state index is 0.197. The van der Waals surface area contributed by atoms with E-state index in [0.29, 0.717) is 12.5 Å². The lowest BCUT2D eigenvalue weighted by atomic mass is 9.89. The summed E-state index contributed by atoms with van der Waals surface area (Å²) in [5.74, 6) is 1.56. The average Bonchev–Trinajstić information content (AvgIpc) is 3.31. The van der Waals surface area contributed by atoms with Crippen molar-refractivity contribution in [3.8, 4) is 0 Å². The second kappa shape index (κ2) is 6.36. The highest BCUT2D eigenvalue weighted by atomic mass is 16.2. The van der Waals surface area contributed by atoms with Crippen molar-refractivity contribution in [2.45, 2.75) is 31.6 Å². The Morgan fingerprint density at radius 3 is 2.74 bits per heavy atom. The lowest BCUT2D eigenvalue weighted by molar-refractivity contribution is -0.122. The van der Waals surface area contributed by atoms with Crippen LogP contribution in [0.3, 0.4) is 0 Å². The highest BCUT2D eigenvalue weighted by molar-refractivity contribution is 5.83. The Morgan fingerprint density at radius 2 is 1.96 bits per heavy atom. The topological polar surface area (TPSA) is 48.1 Å². The molecule has 2 heterocycles. The maximum absolute atomic E-state index is 12.0. The number of hydrogen-bond acceptors (Lipinski definition) is 2. The van der Waals surface area contributed by atoms with E-state index in [0.717, 1.165) is 38.4 Å². The number of carbonyl (C=O) groups is 1. The predicted octanol–water partition coefficient (Wildman–Crippen LogP) is 2.87. The maximum Gasteiger partial charge on any atom is 0.234 e. The van der Waals surface area contributed by atoms with Gasteiger partial charge in [-0.2, -0.15) is 0 Å². The fourth-order valence-corrected chi connectivity index (χ4v) is 3.67. The lowest BCUT2D eigenvalue weighted by Gasteiger charge is -2.31. The van der Waals surface area contributed by atoms with Gasteiger partial charge in [-0.15, -0.1) is 0 Å². The van der Waals surface area contributed by atoms with Crippen molar-refractivity contribution >= 4 is 16.8 Å². The second-order valence-electron chi connectivity index (χ2n) is 7.09. The van der Waals surface area contributed by atoms with Crippen LogP contribution in [-0.4, -0.2) is 42.0 Å². The molecular weight excluding hydrogens is 286 g/mol. The van der Waals surface area contributed by atoms with E-state index in [9.17, 15) is 4.79 Å². The van der Waals surface area contributed by atoms with Gasteiger partial charge in [0.1, 0.15) is 0 Å². The molecule has 0 bridgehead atoms. The minimum Gasteiger partial charge on any atom is -0.361 e. The molecule has 1 amide bonds. The number of hydrogen-bond donors (Lipinski definition) is 2. The number of nitrogens with zero attached hydrogens (tertiary/aromatic N) is 1. The van der Waals surface area contributed by atoms with Gasteiger partial charge in [0, 0.05) is 23.6 Å². The molecule has 1 aromatic carbocycles. The molecule has 0 unspecified atom stereocenters. The highest BCUT2D eigenvalue weighted by Gasteiger charge is 2.25. The quantitative estimate of drug-likeness (QED) is 0.892. The number of likely N-dealkylation sites (tertiary alicyclic amines) is 1. The number of H-pyrrole nitrogens is 1. The van der Waals surface area contributed by atoms with Gasteiger partial charge in [-0.05, 0) is 62.2 Å². The molecule has 1 saturated carbocycles. The Hall–Kier alpha value is -1.81. The number of aromatic amines is 1. The van der Waals surface area contributed by atoms with E-state index in [-0.39, 0.29) is 5.91 Å². The van der Waals surface area contributed by atoms with E-state index in [1.165, 1.54) is 29.3 Å². The molecule has 1 saturated heterocycles. The maximum atomic E-state index is 12.0. The molecule has 1 aromatic heterocycles. The molecule has 0 spiro atoms. The first kappa shape index (κ1) is 14.8. The van der Waals surface area contributed by atoms with E-state index >= 15 is 0 Å². The molecule has 2 aromatic rings. The zero-order valence-corrected chi connectivity index (χ0v) is 13.6. The van der Waals surface area contributed by atoms with Crippen LogP contribution in [0.5, 0.6) is 0 Å². The molecular formula is C19H25N3O. The Bertz CT molecular complexity index is 681. The van der Waals surface area contributed by atoms with Gasteiger partial charge in [-0.25, -0.2) is 0 Å². The van der Waals surface area contributed by atoms with Crippen LogP contribution in [0.15, 0.2) is 30.5 Å². The molecule has 122 valence electrons. The Labute approximate surface area is 137 Å². The van der Waals surface area contributed by atoms with Gasteiger partial charge < -0.3 is 10.3 Å². The fourth-order valence-electron chi connectivity index (χ4n) is 3.67. The molecule has 2 N–H and O–H groups in total. The number of aromatic nitrogens is 1. The normalized spacial score (nSPS) is 20.0. The standard InChI is InChI=1S/C19H25N3O/c23-19(21-11-14-5-6-14)13-22-9-7-15(8-10-22)17-12-20-18-4-2-1-3-16(17)18/h1-4,12,14-15,20H,5-11,13H2,(H,21,23). The number of fused-ring (bicyclic) bond motifs is 1. The van der Waals surface area contributed by atoms with Crippen LogP contribution in [-0.2, 0) is 4.79 Å². The summed E-state index contributed by atoms with van der Waals surface area (Å²) >= 11 is 0. The number of rotatable bonds is 5. The van der Waals surface area contributed by atoms with Gasteiger partial charge in [0.25, 0.3) is 0 Å². The van der Waals surface area contributed by atoms with Crippen LogP contribution in [0.2, 0.25) is 0 Å². The zero-order valence-electron chi connectivity index (χ0n) is 13.6. The number of piperidine rings is 1. The average molecular weight is 311 g/mol. The van der Waals surface area contributed by atoms with E-state index in [1.54, 1.807) is 0 Å². The third-order valence-corrected chi connectivity index (χ3v) is 5.30. The molecule has 2 aliphatic rings. The summed E-state index contributed by atoms with van der Waals surface area (Å²) in [6, 6.07) is 8.53. The van der Waals surface area contributed by atoms with E-state index < -0.39 is 0 Å². The second-order valence-corrected chi connectivity index (χ2v) is 7.09. The van der Waals surface area contributed by atoms with Crippen LogP contribution in [0.1, 0.15) is 37.2 Å². The number of benzene rings is 1. The van der Waals surface area contributed by atoms with Crippen molar-refractivity contribution in [1.82, 2.24) is 15.2 Å². The van der Waals surface area contributed by atoms with Crippen LogP contribution in [0, 0.1) is 5.92 Å². The first-order valence-corrected chi connectivity index (χ1v) is 8.84. The van der Waals surface area contributed by atoms with Crippen LogP contribution < -0.4 is 5.32 Å². The van der Waals surface area contributed by atoms with Crippen molar-refractivity contribution < 1.29 is 4.79 Å². The lowest BCUT2D eigenvalue weighted by Crippen LogP contribution is -2.41. The predicted molar refractivity (Wildman–Crippen MR) is 92.4 cm³/mol. The zero-order chi connectivity index (χ0) is 15.6. The van der Waals surface area contributed by atoms with Gasteiger partial charge in [-0.3, -0.25) is 9.69 Å². The molecule has 1 aliphatic carbocycles. The summed E-state index contributed by atoms with van der Waals surface area (Å²) in [7, 11) is 0. The number of nitrogens with one attached hydrogen (secondary N) is 2. The third-order valence-electron chi connectivity index (χ3n) is 5.30. The first-order valence-electron chi connectivity index (χ1n) is 8.84. The largest absolute Gasteiger partial charge is 0.361 e. The van der Waals surface area contributed by atoms with Gasteiger partial charge in [-0.1, -0.05) is 18.2 Å². The monoisotopic (exact) mass is 311 g/mol.